The zero-order valence-corrected chi connectivity index (χ0v) is 22.1. The number of rotatable bonds is 5. The smallest absolute Gasteiger partial charge is 0.385 e. The number of likely N-dealkylation sites (tertiary alicyclic amines) is 1. The first kappa shape index (κ1) is 26.5. The van der Waals surface area contributed by atoms with Crippen molar-refractivity contribution in [1.29, 1.82) is 0 Å². The van der Waals surface area contributed by atoms with Gasteiger partial charge in [-0.15, -0.1) is 0 Å². The van der Waals surface area contributed by atoms with E-state index in [1.54, 1.807) is 19.2 Å². The molecule has 2 aromatic heterocycles. The number of carbonyl (C=O) groups excluding carboxylic acids is 2. The Labute approximate surface area is 230 Å². The van der Waals surface area contributed by atoms with Crippen LogP contribution in [0.15, 0.2) is 60.7 Å². The number of benzene rings is 2. The molecule has 6 rings (SSSR count). The van der Waals surface area contributed by atoms with Crippen LogP contribution in [-0.2, 0) is 19.7 Å². The molecule has 40 heavy (non-hydrogen) atoms. The maximum absolute atomic E-state index is 15.3. The Bertz CT molecular complexity index is 1620. The van der Waals surface area contributed by atoms with Crippen LogP contribution in [0.5, 0.6) is 0 Å². The summed E-state index contributed by atoms with van der Waals surface area (Å²) in [5.41, 5.74) is 3.70. The number of likely N-dealkylation sites (N-methyl/N-ethyl adjacent to an activating group) is 1. The lowest BCUT2D eigenvalue weighted by atomic mass is 9.92. The predicted octanol–water partition coefficient (Wildman–Crippen LogP) is 6.00. The molecule has 0 amide bonds. The normalized spacial score (nSPS) is 20.5. The molecule has 4 aromatic rings. The molecule has 0 radical (unpaired) electrons. The molecule has 1 saturated carbocycles. The second-order valence-corrected chi connectivity index (χ2v) is 11.3. The number of hydrogen-bond donors (Lipinski definition) is 0. The number of ether oxygens (including phenoxy) is 1. The van der Waals surface area contributed by atoms with Crippen LogP contribution < -0.4 is 0 Å². The summed E-state index contributed by atoms with van der Waals surface area (Å²) in [4.78, 5) is 35.0. The van der Waals surface area contributed by atoms with Gasteiger partial charge in [0.05, 0.1) is 5.69 Å². The number of esters is 2. The Balaban J connectivity index is 1.21. The number of halogens is 4. The molecule has 1 aliphatic heterocycles. The van der Waals surface area contributed by atoms with Gasteiger partial charge in [-0.3, -0.25) is 4.90 Å². The van der Waals surface area contributed by atoms with Gasteiger partial charge in [-0.05, 0) is 67.6 Å². The highest BCUT2D eigenvalue weighted by Crippen LogP contribution is 2.53. The molecule has 11 heteroatoms. The second kappa shape index (κ2) is 9.74. The molecule has 206 valence electrons. The third-order valence-electron chi connectivity index (χ3n) is 7.76. The molecule has 2 aromatic carbocycles. The Hall–Kier alpha value is -3.70. The minimum atomic E-state index is -5.26. The molecule has 3 heterocycles. The minimum absolute atomic E-state index is 0.0920. The van der Waals surface area contributed by atoms with Crippen LogP contribution in [0.4, 0.5) is 17.6 Å². The highest BCUT2D eigenvalue weighted by molar-refractivity contribution is 7.21. The first-order chi connectivity index (χ1) is 19.0. The van der Waals surface area contributed by atoms with Gasteiger partial charge in [-0.25, -0.2) is 23.9 Å². The Morgan fingerprint density at radius 1 is 1.05 bits per heavy atom. The van der Waals surface area contributed by atoms with E-state index >= 15 is 4.39 Å². The average molecular weight is 570 g/mol. The van der Waals surface area contributed by atoms with E-state index in [1.807, 2.05) is 30.3 Å². The first-order valence-corrected chi connectivity index (χ1v) is 13.5. The lowest BCUT2D eigenvalue weighted by molar-refractivity contribution is -0.203. The quantitative estimate of drug-likeness (QED) is 0.167. The number of fused-ring (bicyclic) bond motifs is 1. The first-order valence-electron chi connectivity index (χ1n) is 12.7. The van der Waals surface area contributed by atoms with Gasteiger partial charge in [0, 0.05) is 17.5 Å². The third kappa shape index (κ3) is 4.77. The van der Waals surface area contributed by atoms with E-state index in [0.29, 0.717) is 21.7 Å². The van der Waals surface area contributed by atoms with E-state index in [9.17, 15) is 22.8 Å². The highest BCUT2D eigenvalue weighted by atomic mass is 32.1. The third-order valence-corrected chi connectivity index (χ3v) is 8.76. The Morgan fingerprint density at radius 3 is 2.48 bits per heavy atom. The van der Waals surface area contributed by atoms with Gasteiger partial charge in [0.1, 0.15) is 27.2 Å². The van der Waals surface area contributed by atoms with Gasteiger partial charge in [0.25, 0.3) is 0 Å². The molecule has 2 atom stereocenters. The number of aromatic nitrogens is 2. The average Bonchev–Trinajstić information content (AvgIpc) is 3.48. The van der Waals surface area contributed by atoms with E-state index in [2.05, 4.69) is 21.9 Å². The van der Waals surface area contributed by atoms with E-state index in [4.69, 9.17) is 4.98 Å². The second-order valence-electron chi connectivity index (χ2n) is 10.3. The van der Waals surface area contributed by atoms with Gasteiger partial charge in [0.15, 0.2) is 0 Å². The number of hydrogen-bond acceptors (Lipinski definition) is 7. The summed E-state index contributed by atoms with van der Waals surface area (Å²) < 4.78 is 56.8. The number of nitrogens with zero attached hydrogens (tertiary/aromatic N) is 3. The summed E-state index contributed by atoms with van der Waals surface area (Å²) >= 11 is 1.31. The minimum Gasteiger partial charge on any atom is -0.385 e. The summed E-state index contributed by atoms with van der Waals surface area (Å²) in [6.45, 7) is 0.287. The van der Waals surface area contributed by atoms with Gasteiger partial charge in [0.2, 0.25) is 0 Å². The summed E-state index contributed by atoms with van der Waals surface area (Å²) in [6, 6.07) is 17.8. The fourth-order valence-corrected chi connectivity index (χ4v) is 6.43. The van der Waals surface area contributed by atoms with Crippen molar-refractivity contribution in [3.63, 3.8) is 0 Å². The van der Waals surface area contributed by atoms with Crippen molar-refractivity contribution >= 4 is 33.6 Å². The molecule has 2 aliphatic rings. The topological polar surface area (TPSA) is 72.4 Å². The molecule has 1 aliphatic carbocycles. The largest absolute Gasteiger partial charge is 0.491 e. The van der Waals surface area contributed by atoms with E-state index in [0.717, 1.165) is 23.4 Å². The number of pyridine rings is 1. The SMILES string of the molecule is CN1CC(c2ccc(-c3nc4ccc(C5(c6ccccc6)CC5)nc4s3)c(F)c2)CC1C(=O)OC(=O)C(F)(F)F. The van der Waals surface area contributed by atoms with E-state index in [1.165, 1.54) is 27.9 Å². The fourth-order valence-electron chi connectivity index (χ4n) is 5.47. The van der Waals surface area contributed by atoms with Crippen LogP contribution in [0, 0.1) is 5.82 Å². The van der Waals surface area contributed by atoms with Crippen LogP contribution >= 0.6 is 11.3 Å². The molecular formula is C29H23F4N3O3S. The summed E-state index contributed by atoms with van der Waals surface area (Å²) in [5.74, 6) is -4.65. The monoisotopic (exact) mass is 569 g/mol. The fraction of sp³-hybridized carbons (Fsp3) is 0.310. The van der Waals surface area contributed by atoms with Gasteiger partial charge >= 0.3 is 18.1 Å². The van der Waals surface area contributed by atoms with Crippen molar-refractivity contribution in [2.45, 2.75) is 42.8 Å². The zero-order chi connectivity index (χ0) is 28.2. The zero-order valence-electron chi connectivity index (χ0n) is 21.2. The van der Waals surface area contributed by atoms with Crippen LogP contribution in [-0.4, -0.2) is 52.6 Å². The lowest BCUT2D eigenvalue weighted by Crippen LogP contribution is -2.38. The van der Waals surface area contributed by atoms with Crippen molar-refractivity contribution in [3.8, 4) is 10.6 Å². The molecule has 6 nitrogen and oxygen atoms in total. The van der Waals surface area contributed by atoms with Gasteiger partial charge in [-0.1, -0.05) is 47.7 Å². The number of alkyl halides is 3. The maximum atomic E-state index is 15.3. The molecule has 0 bridgehead atoms. The van der Waals surface area contributed by atoms with Crippen molar-refractivity contribution in [3.05, 3.63) is 83.3 Å². The van der Waals surface area contributed by atoms with Gasteiger partial charge < -0.3 is 4.74 Å². The number of thiazole rings is 1. The number of carbonyl (C=O) groups is 2. The molecule has 1 saturated heterocycles. The molecule has 0 N–H and O–H groups in total. The molecule has 0 spiro atoms. The van der Waals surface area contributed by atoms with Crippen molar-refractivity contribution < 1.29 is 31.9 Å². The van der Waals surface area contributed by atoms with Crippen LogP contribution in [0.1, 0.15) is 42.0 Å². The Morgan fingerprint density at radius 2 is 1.80 bits per heavy atom. The molecule has 2 unspecified atom stereocenters. The molecule has 2 fully saturated rings. The Kier molecular flexibility index (Phi) is 6.46. The lowest BCUT2D eigenvalue weighted by Gasteiger charge is -2.17. The van der Waals surface area contributed by atoms with Crippen LogP contribution in [0.25, 0.3) is 20.9 Å². The van der Waals surface area contributed by atoms with Crippen molar-refractivity contribution in [1.82, 2.24) is 14.9 Å². The van der Waals surface area contributed by atoms with Crippen molar-refractivity contribution in [2.75, 3.05) is 13.6 Å². The summed E-state index contributed by atoms with van der Waals surface area (Å²) in [7, 11) is 1.54. The standard InChI is InChI=1S/C29H23F4N3O3S/c1-36-15-17(14-22(36)26(37)39-27(38)29(31,32)33)16-7-8-19(20(30)13-16)24-34-21-9-10-23(35-25(21)40-24)28(11-12-28)18-5-3-2-4-6-18/h2-10,13,17,22H,11-12,14-15H2,1H3. The van der Waals surface area contributed by atoms with Crippen molar-refractivity contribution in [2.24, 2.45) is 0 Å². The molecular weight excluding hydrogens is 546 g/mol. The van der Waals surface area contributed by atoms with Gasteiger partial charge in [-0.2, -0.15) is 13.2 Å². The highest BCUT2D eigenvalue weighted by Gasteiger charge is 2.47. The summed E-state index contributed by atoms with van der Waals surface area (Å²) in [5, 5.41) is 0.490. The van der Waals surface area contributed by atoms with Crippen LogP contribution in [0.2, 0.25) is 0 Å². The van der Waals surface area contributed by atoms with E-state index in [-0.39, 0.29) is 24.3 Å². The predicted molar refractivity (Wildman–Crippen MR) is 140 cm³/mol. The van der Waals surface area contributed by atoms with Crippen LogP contribution in [0.3, 0.4) is 0 Å². The summed E-state index contributed by atoms with van der Waals surface area (Å²) in [6.07, 6.45) is -3.13. The van der Waals surface area contributed by atoms with E-state index < -0.39 is 30.0 Å². The maximum Gasteiger partial charge on any atom is 0.491 e.